The number of rotatable bonds is 10. The molecule has 0 unspecified atom stereocenters. The van der Waals surface area contributed by atoms with Crippen LogP contribution in [0.15, 0.2) is 57.2 Å². The van der Waals surface area contributed by atoms with Crippen LogP contribution >= 0.6 is 0 Å². The minimum atomic E-state index is -4.53. The molecule has 17 heteroatoms. The summed E-state index contributed by atoms with van der Waals surface area (Å²) in [5.74, 6) is -0.609. The Hall–Kier alpha value is -3.20. The van der Waals surface area contributed by atoms with E-state index < -0.39 is 79.0 Å². The molecule has 2 N–H and O–H groups in total. The predicted molar refractivity (Wildman–Crippen MR) is 202 cm³/mol. The molecule has 4 rings (SSSR count). The number of amides is 3. The number of imide groups is 1. The summed E-state index contributed by atoms with van der Waals surface area (Å²) in [6.45, 7) is 23.7. The monoisotopic (exact) mass is 778 g/mol. The van der Waals surface area contributed by atoms with Crippen molar-refractivity contribution in [3.63, 3.8) is 0 Å². The lowest BCUT2D eigenvalue weighted by molar-refractivity contribution is -0.0571. The van der Waals surface area contributed by atoms with E-state index in [9.17, 15) is 27.6 Å². The maximum atomic E-state index is 13.8. The third-order valence-electron chi connectivity index (χ3n) is 11.5. The molecule has 52 heavy (non-hydrogen) atoms. The van der Waals surface area contributed by atoms with Crippen LogP contribution < -0.4 is 21.9 Å². The second-order valence-corrected chi connectivity index (χ2v) is 27.3. The summed E-state index contributed by atoms with van der Waals surface area (Å²) in [7, 11) is -8.69. The fraction of sp³-hybridized carbons (Fsp3) is 0.600. The van der Waals surface area contributed by atoms with Crippen LogP contribution in [-0.4, -0.2) is 70.5 Å². The van der Waals surface area contributed by atoms with Gasteiger partial charge in [-0.3, -0.25) is 24.0 Å². The van der Waals surface area contributed by atoms with Crippen molar-refractivity contribution in [1.29, 1.82) is 0 Å². The van der Waals surface area contributed by atoms with Crippen molar-refractivity contribution in [2.75, 3.05) is 6.61 Å². The zero-order valence-corrected chi connectivity index (χ0v) is 35.3. The van der Waals surface area contributed by atoms with Crippen molar-refractivity contribution in [3.8, 4) is 0 Å². The van der Waals surface area contributed by atoms with E-state index in [2.05, 4.69) is 38.3 Å². The van der Waals surface area contributed by atoms with Crippen molar-refractivity contribution in [3.05, 3.63) is 79.6 Å². The Morgan fingerprint density at radius 2 is 1.62 bits per heavy atom. The molecule has 0 bridgehead atoms. The largest absolute Gasteiger partial charge is 0.414 e. The smallest absolute Gasteiger partial charge is 0.332 e. The first kappa shape index (κ1) is 41.6. The van der Waals surface area contributed by atoms with Crippen LogP contribution in [0.25, 0.3) is 0 Å². The first-order chi connectivity index (χ1) is 23.7. The normalized spacial score (nSPS) is 23.6. The molecule has 0 aliphatic carbocycles. The zero-order valence-electron chi connectivity index (χ0n) is 32.4. The lowest BCUT2D eigenvalue weighted by Gasteiger charge is -2.47. The van der Waals surface area contributed by atoms with Crippen LogP contribution in [0.1, 0.15) is 70.6 Å². The number of hydrogen-bond acceptors (Lipinski definition) is 10. The van der Waals surface area contributed by atoms with Gasteiger partial charge < -0.3 is 18.9 Å². The summed E-state index contributed by atoms with van der Waals surface area (Å²) in [4.78, 5) is 53.2. The molecule has 288 valence electrons. The minimum Gasteiger partial charge on any atom is -0.414 e. The molecule has 4 atom stereocenters. The van der Waals surface area contributed by atoms with Crippen molar-refractivity contribution < 1.29 is 35.8 Å². The molecule has 3 amide bonds. The lowest BCUT2D eigenvalue weighted by atomic mass is 9.89. The standard InChI is InChI=1S/C35H54N4O10SSi2/c1-22(2)34(7,8)52(12,13)48-27-30(39-19-23(3)29(41)38(9)32(39)43)47-26(20-46-51(10,11)33(4,5)6)35(27)25(21-50(44,45)49-35)36-31(42)37-28(40)24-17-15-14-16-18-24/h14-19,21-22,26-27,30H,20H2,1-13H3,(H2,36,37,40,42)/t26-,27+,30-,35-/m1/s1. The summed E-state index contributed by atoms with van der Waals surface area (Å²) in [5, 5.41) is 4.92. The number of nitrogens with one attached hydrogen (secondary N) is 2. The molecule has 3 heterocycles. The summed E-state index contributed by atoms with van der Waals surface area (Å²) < 4.78 is 55.9. The van der Waals surface area contributed by atoms with Crippen LogP contribution in [0.3, 0.4) is 0 Å². The van der Waals surface area contributed by atoms with Gasteiger partial charge in [-0.2, -0.15) is 8.42 Å². The van der Waals surface area contributed by atoms with E-state index in [0.29, 0.717) is 0 Å². The van der Waals surface area contributed by atoms with Gasteiger partial charge in [-0.05, 0) is 61.2 Å². The molecule has 1 aromatic carbocycles. The fourth-order valence-corrected chi connectivity index (χ4v) is 10.8. The van der Waals surface area contributed by atoms with Crippen molar-refractivity contribution in [2.45, 2.75) is 116 Å². The highest BCUT2D eigenvalue weighted by atomic mass is 32.2. The highest BCUT2D eigenvalue weighted by Gasteiger charge is 2.68. The number of carbonyl (C=O) groups is 2. The number of hydrogen-bond donors (Lipinski definition) is 2. The van der Waals surface area contributed by atoms with Crippen LogP contribution in [0.5, 0.6) is 0 Å². The van der Waals surface area contributed by atoms with Gasteiger partial charge >= 0.3 is 11.7 Å². The maximum Gasteiger partial charge on any atom is 0.332 e. The number of aryl methyl sites for hydroxylation is 1. The van der Waals surface area contributed by atoms with Crippen molar-refractivity contribution in [1.82, 2.24) is 19.8 Å². The highest BCUT2D eigenvalue weighted by molar-refractivity contribution is 7.90. The van der Waals surface area contributed by atoms with Gasteiger partial charge in [0.05, 0.1) is 17.7 Å². The van der Waals surface area contributed by atoms with Gasteiger partial charge in [-0.25, -0.2) is 13.8 Å². The number of ether oxygens (including phenoxy) is 1. The second-order valence-electron chi connectivity index (χ2n) is 16.6. The number of nitrogens with zero attached hydrogens (tertiary/aromatic N) is 2. The van der Waals surface area contributed by atoms with Gasteiger partial charge in [0.15, 0.2) is 28.5 Å². The SMILES string of the molecule is Cc1cn([C@@H]2O[C@H](CO[Si](C)(C)C(C)(C)C)[C@@]3(OS(=O)(=O)C=C3NC(=O)NC(=O)c3ccccc3)[C@H]2O[Si](C)(C)C(C)(C)C(C)C)c(=O)n(C)c1=O. The molecule has 0 radical (unpaired) electrons. The van der Waals surface area contributed by atoms with Crippen LogP contribution in [0, 0.1) is 12.8 Å². The molecule has 2 aromatic rings. The van der Waals surface area contributed by atoms with Crippen molar-refractivity contribution in [2.24, 2.45) is 13.0 Å². The Kier molecular flexibility index (Phi) is 11.4. The Bertz CT molecular complexity index is 1970. The summed E-state index contributed by atoms with van der Waals surface area (Å²) in [5.41, 5.74) is -3.19. The minimum absolute atomic E-state index is 0.113. The van der Waals surface area contributed by atoms with Crippen LogP contribution in [0.2, 0.25) is 36.3 Å². The van der Waals surface area contributed by atoms with E-state index in [1.807, 2.05) is 47.0 Å². The van der Waals surface area contributed by atoms with Gasteiger partial charge in [-0.15, -0.1) is 0 Å². The van der Waals surface area contributed by atoms with E-state index in [0.717, 1.165) is 9.98 Å². The first-order valence-electron chi connectivity index (χ1n) is 17.3. The molecule has 1 spiro atoms. The van der Waals surface area contributed by atoms with Crippen molar-refractivity contribution >= 4 is 38.7 Å². The van der Waals surface area contributed by atoms with Gasteiger partial charge in [0.1, 0.15) is 12.2 Å². The van der Waals surface area contributed by atoms with Gasteiger partial charge in [0.25, 0.3) is 21.6 Å². The van der Waals surface area contributed by atoms with E-state index in [1.54, 1.807) is 25.1 Å². The van der Waals surface area contributed by atoms with Crippen LogP contribution in [-0.2, 0) is 34.9 Å². The molecule has 2 aliphatic rings. The number of urea groups is 1. The Morgan fingerprint density at radius 3 is 2.17 bits per heavy atom. The summed E-state index contributed by atoms with van der Waals surface area (Å²) >= 11 is 0. The second kappa shape index (κ2) is 14.2. The summed E-state index contributed by atoms with van der Waals surface area (Å²) in [6.07, 6.45) is -2.66. The maximum absolute atomic E-state index is 13.8. The Morgan fingerprint density at radius 1 is 1.02 bits per heavy atom. The zero-order chi connectivity index (χ0) is 39.4. The highest BCUT2D eigenvalue weighted by Crippen LogP contribution is 2.54. The van der Waals surface area contributed by atoms with Crippen LogP contribution in [0.4, 0.5) is 4.79 Å². The van der Waals surface area contributed by atoms with E-state index >= 15 is 0 Å². The molecule has 2 aliphatic heterocycles. The number of aromatic nitrogens is 2. The molecule has 1 fully saturated rings. The molecule has 0 saturated carbocycles. The third kappa shape index (κ3) is 7.72. The van der Waals surface area contributed by atoms with Gasteiger partial charge in [0, 0.05) is 24.4 Å². The molecular formula is C35H54N4O10SSi2. The number of benzene rings is 1. The average molecular weight is 779 g/mol. The van der Waals surface area contributed by atoms with Gasteiger partial charge in [0.2, 0.25) is 0 Å². The molecule has 1 aromatic heterocycles. The Labute approximate surface area is 308 Å². The third-order valence-corrected chi connectivity index (χ3v) is 21.5. The topological polar surface area (TPSA) is 173 Å². The molecular weight excluding hydrogens is 725 g/mol. The predicted octanol–water partition coefficient (Wildman–Crippen LogP) is 4.88. The van der Waals surface area contributed by atoms with E-state index in [4.69, 9.17) is 17.8 Å². The van der Waals surface area contributed by atoms with E-state index in [-0.39, 0.29) is 34.4 Å². The number of carbonyl (C=O) groups excluding carboxylic acids is 2. The molecule has 1 saturated heterocycles. The van der Waals surface area contributed by atoms with Gasteiger partial charge in [-0.1, -0.05) is 66.7 Å². The fourth-order valence-electron chi connectivity index (χ4n) is 5.92. The average Bonchev–Trinajstić information content (AvgIpc) is 3.47. The van der Waals surface area contributed by atoms with E-state index in [1.165, 1.54) is 29.9 Å². The Balaban J connectivity index is 1.96. The molecule has 14 nitrogen and oxygen atoms in total. The summed E-state index contributed by atoms with van der Waals surface area (Å²) in [6, 6.07) is 7.02. The quantitative estimate of drug-likeness (QED) is 0.250. The lowest BCUT2D eigenvalue weighted by Crippen LogP contribution is -2.61. The first-order valence-corrected chi connectivity index (χ1v) is 24.6.